The molecule has 0 aliphatic heterocycles. The van der Waals surface area contributed by atoms with Crippen LogP contribution in [0.2, 0.25) is 0 Å². The van der Waals surface area contributed by atoms with E-state index in [9.17, 15) is 0 Å². The van der Waals surface area contributed by atoms with Gasteiger partial charge in [0.2, 0.25) is 0 Å². The Morgan fingerprint density at radius 3 is 2.43 bits per heavy atom. The summed E-state index contributed by atoms with van der Waals surface area (Å²) in [5.74, 6) is 1.77. The smallest absolute Gasteiger partial charge is 0.0556 e. The zero-order valence-electron chi connectivity index (χ0n) is 9.66. The fraction of sp³-hybridized carbons (Fsp3) is 1.00. The van der Waals surface area contributed by atoms with E-state index in [4.69, 9.17) is 9.84 Å². The van der Waals surface area contributed by atoms with Gasteiger partial charge >= 0.3 is 0 Å². The van der Waals surface area contributed by atoms with Crippen molar-refractivity contribution < 1.29 is 9.84 Å². The zero-order valence-corrected chi connectivity index (χ0v) is 10.5. The first-order chi connectivity index (χ1) is 6.66. The van der Waals surface area contributed by atoms with Gasteiger partial charge in [-0.1, -0.05) is 20.8 Å². The third-order valence-electron chi connectivity index (χ3n) is 2.01. The zero-order chi connectivity index (χ0) is 10.8. The summed E-state index contributed by atoms with van der Waals surface area (Å²) in [7, 11) is 0. The topological polar surface area (TPSA) is 29.5 Å². The van der Waals surface area contributed by atoms with E-state index in [2.05, 4.69) is 20.8 Å². The third-order valence-corrected chi connectivity index (χ3v) is 3.21. The standard InChI is InChI=1S/C11H24O2S/c1-10(2)5-7-13-8-9-14-11(3)4-6-12/h10-12H,4-9H2,1-3H3. The van der Waals surface area contributed by atoms with Gasteiger partial charge in [-0.2, -0.15) is 11.8 Å². The van der Waals surface area contributed by atoms with Crippen LogP contribution in [-0.4, -0.2) is 35.9 Å². The number of hydrogen-bond donors (Lipinski definition) is 1. The van der Waals surface area contributed by atoms with Gasteiger partial charge in [0.15, 0.2) is 0 Å². The Hall–Kier alpha value is 0.270. The van der Waals surface area contributed by atoms with Crippen molar-refractivity contribution in [1.29, 1.82) is 0 Å². The summed E-state index contributed by atoms with van der Waals surface area (Å²) in [6.07, 6.45) is 2.04. The van der Waals surface area contributed by atoms with Crippen LogP contribution in [0.15, 0.2) is 0 Å². The molecule has 0 aromatic rings. The lowest BCUT2D eigenvalue weighted by Gasteiger charge is -2.10. The van der Waals surface area contributed by atoms with Gasteiger partial charge in [-0.05, 0) is 18.8 Å². The SMILES string of the molecule is CC(C)CCOCCSC(C)CCO. The molecule has 1 unspecified atom stereocenters. The van der Waals surface area contributed by atoms with Crippen molar-refractivity contribution in [3.63, 3.8) is 0 Å². The molecular formula is C11H24O2S. The Kier molecular flexibility index (Phi) is 10.0. The highest BCUT2D eigenvalue weighted by Crippen LogP contribution is 2.12. The van der Waals surface area contributed by atoms with Crippen LogP contribution in [0, 0.1) is 5.92 Å². The van der Waals surface area contributed by atoms with E-state index in [1.807, 2.05) is 11.8 Å². The van der Waals surface area contributed by atoms with E-state index in [0.717, 1.165) is 37.7 Å². The van der Waals surface area contributed by atoms with Gasteiger partial charge in [0.05, 0.1) is 6.61 Å². The average molecular weight is 220 g/mol. The van der Waals surface area contributed by atoms with Gasteiger partial charge in [-0.3, -0.25) is 0 Å². The van der Waals surface area contributed by atoms with Gasteiger partial charge in [0.1, 0.15) is 0 Å². The number of rotatable bonds is 9. The normalized spacial score (nSPS) is 13.5. The van der Waals surface area contributed by atoms with Crippen LogP contribution in [0.4, 0.5) is 0 Å². The van der Waals surface area contributed by atoms with E-state index in [1.165, 1.54) is 0 Å². The van der Waals surface area contributed by atoms with Crippen LogP contribution in [0.1, 0.15) is 33.6 Å². The molecule has 0 saturated heterocycles. The molecule has 0 radical (unpaired) electrons. The summed E-state index contributed by atoms with van der Waals surface area (Å²) in [6, 6.07) is 0. The van der Waals surface area contributed by atoms with E-state index in [0.29, 0.717) is 11.9 Å². The van der Waals surface area contributed by atoms with Crippen molar-refractivity contribution in [3.05, 3.63) is 0 Å². The minimum Gasteiger partial charge on any atom is -0.396 e. The maximum atomic E-state index is 8.69. The fourth-order valence-corrected chi connectivity index (χ4v) is 1.88. The largest absolute Gasteiger partial charge is 0.396 e. The van der Waals surface area contributed by atoms with Gasteiger partial charge < -0.3 is 9.84 Å². The molecule has 2 nitrogen and oxygen atoms in total. The molecule has 86 valence electrons. The van der Waals surface area contributed by atoms with Crippen molar-refractivity contribution in [2.24, 2.45) is 5.92 Å². The van der Waals surface area contributed by atoms with E-state index in [1.54, 1.807) is 0 Å². The second-order valence-electron chi connectivity index (χ2n) is 3.99. The van der Waals surface area contributed by atoms with Crippen LogP contribution in [-0.2, 0) is 4.74 Å². The second kappa shape index (κ2) is 9.81. The van der Waals surface area contributed by atoms with E-state index < -0.39 is 0 Å². The lowest BCUT2D eigenvalue weighted by Crippen LogP contribution is -2.06. The monoisotopic (exact) mass is 220 g/mol. The fourth-order valence-electron chi connectivity index (χ4n) is 0.994. The molecule has 0 bridgehead atoms. The Labute approximate surface area is 92.4 Å². The van der Waals surface area contributed by atoms with Crippen LogP contribution in [0.3, 0.4) is 0 Å². The molecule has 0 saturated carbocycles. The summed E-state index contributed by atoms with van der Waals surface area (Å²) in [4.78, 5) is 0. The van der Waals surface area contributed by atoms with Crippen molar-refractivity contribution in [2.75, 3.05) is 25.6 Å². The van der Waals surface area contributed by atoms with Crippen molar-refractivity contribution >= 4 is 11.8 Å². The Balaban J connectivity index is 3.05. The molecular weight excluding hydrogens is 196 g/mol. The number of thioether (sulfide) groups is 1. The molecule has 0 heterocycles. The lowest BCUT2D eigenvalue weighted by molar-refractivity contribution is 0.138. The third kappa shape index (κ3) is 10.4. The molecule has 0 rings (SSSR count). The Morgan fingerprint density at radius 1 is 1.14 bits per heavy atom. The molecule has 0 aliphatic carbocycles. The number of hydrogen-bond acceptors (Lipinski definition) is 3. The highest BCUT2D eigenvalue weighted by Gasteiger charge is 2.00. The summed E-state index contributed by atoms with van der Waals surface area (Å²) in [5, 5.41) is 9.24. The molecule has 14 heavy (non-hydrogen) atoms. The van der Waals surface area contributed by atoms with Crippen LogP contribution in [0.5, 0.6) is 0 Å². The summed E-state index contributed by atoms with van der Waals surface area (Å²) in [6.45, 7) is 8.58. The Morgan fingerprint density at radius 2 is 1.86 bits per heavy atom. The van der Waals surface area contributed by atoms with Gasteiger partial charge in [0.25, 0.3) is 0 Å². The van der Waals surface area contributed by atoms with Crippen LogP contribution < -0.4 is 0 Å². The first-order valence-electron chi connectivity index (χ1n) is 5.47. The molecule has 0 spiro atoms. The molecule has 0 amide bonds. The first-order valence-corrected chi connectivity index (χ1v) is 6.52. The molecule has 0 aliphatic rings. The average Bonchev–Trinajstić information content (AvgIpc) is 2.11. The second-order valence-corrected chi connectivity index (χ2v) is 5.53. The maximum absolute atomic E-state index is 8.69. The predicted octanol–water partition coefficient (Wildman–Crippen LogP) is 2.55. The maximum Gasteiger partial charge on any atom is 0.0556 e. The molecule has 0 aromatic heterocycles. The number of aliphatic hydroxyl groups is 1. The summed E-state index contributed by atoms with van der Waals surface area (Å²) < 4.78 is 5.49. The van der Waals surface area contributed by atoms with Crippen molar-refractivity contribution in [2.45, 2.75) is 38.9 Å². The highest BCUT2D eigenvalue weighted by molar-refractivity contribution is 7.99. The Bertz CT molecular complexity index is 118. The molecule has 0 fully saturated rings. The van der Waals surface area contributed by atoms with Gasteiger partial charge in [-0.25, -0.2) is 0 Å². The van der Waals surface area contributed by atoms with E-state index >= 15 is 0 Å². The van der Waals surface area contributed by atoms with Gasteiger partial charge in [0, 0.05) is 24.2 Å². The minimum absolute atomic E-state index is 0.294. The van der Waals surface area contributed by atoms with Crippen LogP contribution in [0.25, 0.3) is 0 Å². The molecule has 3 heteroatoms. The highest BCUT2D eigenvalue weighted by atomic mass is 32.2. The van der Waals surface area contributed by atoms with Crippen LogP contribution >= 0.6 is 11.8 Å². The quantitative estimate of drug-likeness (QED) is 0.606. The minimum atomic E-state index is 0.294. The van der Waals surface area contributed by atoms with E-state index in [-0.39, 0.29) is 0 Å². The number of aliphatic hydroxyl groups excluding tert-OH is 1. The van der Waals surface area contributed by atoms with Crippen molar-refractivity contribution in [3.8, 4) is 0 Å². The summed E-state index contributed by atoms with van der Waals surface area (Å²) >= 11 is 1.87. The predicted molar refractivity (Wildman–Crippen MR) is 63.9 cm³/mol. The number of ether oxygens (including phenoxy) is 1. The molecule has 1 atom stereocenters. The van der Waals surface area contributed by atoms with Gasteiger partial charge in [-0.15, -0.1) is 0 Å². The lowest BCUT2D eigenvalue weighted by atomic mass is 10.1. The van der Waals surface area contributed by atoms with Crippen molar-refractivity contribution in [1.82, 2.24) is 0 Å². The first kappa shape index (κ1) is 14.3. The molecule has 1 N–H and O–H groups in total. The summed E-state index contributed by atoms with van der Waals surface area (Å²) in [5.41, 5.74) is 0. The molecule has 0 aromatic carbocycles.